The van der Waals surface area contributed by atoms with Gasteiger partial charge in [0.15, 0.2) is 0 Å². The molecule has 0 N–H and O–H groups in total. The van der Waals surface area contributed by atoms with E-state index in [4.69, 9.17) is 4.74 Å². The molecule has 1 aromatic heterocycles. The van der Waals surface area contributed by atoms with Crippen LogP contribution in [0.4, 0.5) is 0 Å². The number of fused-ring (bicyclic) bond motifs is 2. The third-order valence-corrected chi connectivity index (χ3v) is 10.7. The molecule has 2 spiro atoms. The Morgan fingerprint density at radius 1 is 1.06 bits per heavy atom. The monoisotopic (exact) mass is 438 g/mol. The summed E-state index contributed by atoms with van der Waals surface area (Å²) in [5.74, 6) is 1.22. The van der Waals surface area contributed by atoms with Crippen LogP contribution in [-0.2, 0) is 4.74 Å². The van der Waals surface area contributed by atoms with Gasteiger partial charge in [0.05, 0.1) is 11.2 Å². The number of allylic oxidation sites excluding steroid dienone is 1. The second kappa shape index (κ2) is 6.37. The van der Waals surface area contributed by atoms with E-state index in [1.807, 2.05) is 12.4 Å². The Balaban J connectivity index is 1.18. The molecule has 6 aliphatic rings. The van der Waals surface area contributed by atoms with Crippen LogP contribution in [0.5, 0.6) is 0 Å². The lowest BCUT2D eigenvalue weighted by Gasteiger charge is -2.54. The van der Waals surface area contributed by atoms with Crippen molar-refractivity contribution < 1.29 is 4.74 Å². The van der Waals surface area contributed by atoms with Crippen molar-refractivity contribution >= 4 is 10.8 Å². The minimum atomic E-state index is -0.0373. The third kappa shape index (κ3) is 2.51. The Labute approximate surface area is 196 Å². The minimum absolute atomic E-state index is 0.0355. The van der Waals surface area contributed by atoms with Gasteiger partial charge in [-0.2, -0.15) is 0 Å². The van der Waals surface area contributed by atoms with Crippen LogP contribution in [0.2, 0.25) is 0 Å². The van der Waals surface area contributed by atoms with Gasteiger partial charge >= 0.3 is 0 Å². The number of hydrogen-bond donors (Lipinski definition) is 0. The molecule has 3 aliphatic heterocycles. The molecular weight excluding hydrogens is 404 g/mol. The molecule has 0 amide bonds. The van der Waals surface area contributed by atoms with E-state index >= 15 is 0 Å². The predicted molar refractivity (Wildman–Crippen MR) is 131 cm³/mol. The fraction of sp³-hybridized carbons (Fsp3) is 0.567. The maximum atomic E-state index is 7.45. The Morgan fingerprint density at radius 2 is 2.00 bits per heavy atom. The lowest BCUT2D eigenvalue weighted by atomic mass is 9.58. The van der Waals surface area contributed by atoms with Crippen LogP contribution < -0.4 is 0 Å². The SMILES string of the molecule is C[C@]12CC=C3C=C4CC[C@@H](N5CC5)C[C@]45CCC3(O5)[C@@H]1CC[C@@H]2c1ccc2ccncc2c1. The second-order valence-electron chi connectivity index (χ2n) is 12.1. The molecule has 2 saturated heterocycles. The van der Waals surface area contributed by atoms with Crippen LogP contribution in [0.3, 0.4) is 0 Å². The second-order valence-corrected chi connectivity index (χ2v) is 12.1. The summed E-state index contributed by atoms with van der Waals surface area (Å²) in [6, 6.07) is 9.99. The van der Waals surface area contributed by atoms with Gasteiger partial charge in [0.1, 0.15) is 0 Å². The summed E-state index contributed by atoms with van der Waals surface area (Å²) in [5, 5.41) is 2.57. The molecular formula is C30H34N2O. The number of rotatable bonds is 2. The smallest absolute Gasteiger partial charge is 0.0974 e. The quantitative estimate of drug-likeness (QED) is 0.525. The normalized spacial score (nSPS) is 43.5. The first kappa shape index (κ1) is 19.3. The standard InChI is InChI=1S/C30H34N2O/c1-28-10-8-24-17-23-4-5-25(32-14-15-32)18-29(23)11-12-30(24,33-29)27(28)7-6-26(28)21-3-2-20-9-13-31-19-22(20)16-21/h2-3,8-9,13,16-17,19,25-27H,4-7,10-12,14-15,18H2,1H3/t25-,26-,27-,28-,29-,30?/m1/s1. The van der Waals surface area contributed by atoms with Crippen molar-refractivity contribution in [3.05, 3.63) is 65.5 Å². The molecule has 6 atom stereocenters. The van der Waals surface area contributed by atoms with E-state index in [1.165, 1.54) is 80.8 Å². The molecule has 0 radical (unpaired) electrons. The van der Waals surface area contributed by atoms with E-state index in [0.29, 0.717) is 11.8 Å². The van der Waals surface area contributed by atoms with E-state index in [9.17, 15) is 0 Å². The van der Waals surface area contributed by atoms with Gasteiger partial charge < -0.3 is 4.74 Å². The summed E-state index contributed by atoms with van der Waals surface area (Å²) in [4.78, 5) is 7.06. The van der Waals surface area contributed by atoms with Gasteiger partial charge in [-0.1, -0.05) is 31.2 Å². The highest BCUT2D eigenvalue weighted by Crippen LogP contribution is 2.69. The average molecular weight is 439 g/mol. The molecule has 4 fully saturated rings. The van der Waals surface area contributed by atoms with Gasteiger partial charge in [0, 0.05) is 36.9 Å². The van der Waals surface area contributed by atoms with Gasteiger partial charge in [-0.25, -0.2) is 0 Å². The van der Waals surface area contributed by atoms with Crippen LogP contribution in [0.1, 0.15) is 69.8 Å². The lowest BCUT2D eigenvalue weighted by Crippen LogP contribution is -2.54. The largest absolute Gasteiger partial charge is 0.359 e. The first-order chi connectivity index (χ1) is 16.1. The van der Waals surface area contributed by atoms with Crippen molar-refractivity contribution in [3.8, 4) is 0 Å². The van der Waals surface area contributed by atoms with Gasteiger partial charge in [-0.3, -0.25) is 9.88 Å². The zero-order valence-electron chi connectivity index (χ0n) is 19.7. The van der Waals surface area contributed by atoms with Crippen LogP contribution in [0.15, 0.2) is 60.0 Å². The summed E-state index contributed by atoms with van der Waals surface area (Å²) in [5.41, 5.74) is 4.94. The van der Waals surface area contributed by atoms with E-state index in [-0.39, 0.29) is 16.6 Å². The fourth-order valence-corrected chi connectivity index (χ4v) is 8.98. The maximum Gasteiger partial charge on any atom is 0.0974 e. The summed E-state index contributed by atoms with van der Waals surface area (Å²) in [6.45, 7) is 5.19. The molecule has 3 heteroatoms. The van der Waals surface area contributed by atoms with E-state index in [2.05, 4.69) is 53.2 Å². The van der Waals surface area contributed by atoms with Crippen LogP contribution in [0.25, 0.3) is 10.8 Å². The molecule has 1 aromatic carbocycles. The molecule has 33 heavy (non-hydrogen) atoms. The van der Waals surface area contributed by atoms with E-state index < -0.39 is 0 Å². The van der Waals surface area contributed by atoms with Crippen LogP contribution in [-0.4, -0.2) is 40.2 Å². The van der Waals surface area contributed by atoms with Crippen molar-refractivity contribution in [2.45, 2.75) is 81.5 Å². The van der Waals surface area contributed by atoms with Crippen molar-refractivity contribution in [1.29, 1.82) is 0 Å². The Bertz CT molecular complexity index is 1230. The summed E-state index contributed by atoms with van der Waals surface area (Å²) >= 11 is 0. The average Bonchev–Trinajstić information content (AvgIpc) is 3.56. The molecule has 2 aromatic rings. The van der Waals surface area contributed by atoms with Crippen molar-refractivity contribution in [1.82, 2.24) is 9.88 Å². The predicted octanol–water partition coefficient (Wildman–Crippen LogP) is 6.16. The fourth-order valence-electron chi connectivity index (χ4n) is 8.98. The van der Waals surface area contributed by atoms with Crippen LogP contribution >= 0.6 is 0 Å². The Hall–Kier alpha value is -1.97. The van der Waals surface area contributed by atoms with E-state index in [1.54, 1.807) is 11.1 Å². The van der Waals surface area contributed by atoms with Gasteiger partial charge in [-0.05, 0) is 103 Å². The van der Waals surface area contributed by atoms with Crippen LogP contribution in [0, 0.1) is 11.3 Å². The highest BCUT2D eigenvalue weighted by atomic mass is 16.5. The van der Waals surface area contributed by atoms with Crippen molar-refractivity contribution in [2.24, 2.45) is 11.3 Å². The summed E-state index contributed by atoms with van der Waals surface area (Å²) < 4.78 is 7.45. The Kier molecular flexibility index (Phi) is 3.73. The van der Waals surface area contributed by atoms with Gasteiger partial charge in [-0.15, -0.1) is 0 Å². The zero-order valence-corrected chi connectivity index (χ0v) is 19.7. The first-order valence-electron chi connectivity index (χ1n) is 13.3. The summed E-state index contributed by atoms with van der Waals surface area (Å²) in [7, 11) is 0. The molecule has 2 saturated carbocycles. The maximum absolute atomic E-state index is 7.45. The molecule has 2 bridgehead atoms. The number of aromatic nitrogens is 1. The highest BCUT2D eigenvalue weighted by Gasteiger charge is 2.66. The topological polar surface area (TPSA) is 25.1 Å². The lowest BCUT2D eigenvalue weighted by molar-refractivity contribution is -0.138. The van der Waals surface area contributed by atoms with Crippen molar-refractivity contribution in [3.63, 3.8) is 0 Å². The Morgan fingerprint density at radius 3 is 2.91 bits per heavy atom. The number of hydrogen-bond acceptors (Lipinski definition) is 3. The molecule has 8 rings (SSSR count). The molecule has 4 heterocycles. The minimum Gasteiger partial charge on any atom is -0.359 e. The molecule has 3 aliphatic carbocycles. The number of benzene rings is 1. The van der Waals surface area contributed by atoms with Crippen molar-refractivity contribution in [2.75, 3.05) is 13.1 Å². The van der Waals surface area contributed by atoms with Gasteiger partial charge in [0.25, 0.3) is 0 Å². The summed E-state index contributed by atoms with van der Waals surface area (Å²) in [6.07, 6.45) is 19.2. The third-order valence-electron chi connectivity index (χ3n) is 10.7. The number of pyridine rings is 1. The first-order valence-corrected chi connectivity index (χ1v) is 13.3. The van der Waals surface area contributed by atoms with Gasteiger partial charge in [0.2, 0.25) is 0 Å². The molecule has 3 nitrogen and oxygen atoms in total. The highest BCUT2D eigenvalue weighted by molar-refractivity contribution is 5.82. The molecule has 1 unspecified atom stereocenters. The van der Waals surface area contributed by atoms with E-state index in [0.717, 1.165) is 6.04 Å². The zero-order chi connectivity index (χ0) is 21.8. The number of nitrogens with zero attached hydrogens (tertiary/aromatic N) is 2. The molecule has 170 valence electrons. The number of ether oxygens (including phenoxy) is 1.